The highest BCUT2D eigenvalue weighted by molar-refractivity contribution is 6.32. The van der Waals surface area contributed by atoms with Crippen LogP contribution in [0.25, 0.3) is 0 Å². The van der Waals surface area contributed by atoms with Gasteiger partial charge in [-0.25, -0.2) is 0 Å². The third kappa shape index (κ3) is 2.57. The van der Waals surface area contributed by atoms with E-state index in [1.807, 2.05) is 0 Å². The van der Waals surface area contributed by atoms with Crippen molar-refractivity contribution >= 4 is 11.6 Å². The largest absolute Gasteiger partial charge is 0.314 e. The lowest BCUT2D eigenvalue weighted by Gasteiger charge is -2.28. The summed E-state index contributed by atoms with van der Waals surface area (Å²) in [5.74, 6) is 0. The third-order valence-corrected chi connectivity index (χ3v) is 3.79. The Hall–Kier alpha value is -0.570. The van der Waals surface area contributed by atoms with Crippen molar-refractivity contribution in [1.29, 1.82) is 0 Å². The van der Waals surface area contributed by atoms with Crippen molar-refractivity contribution in [2.45, 2.75) is 20.4 Å². The molecule has 1 aromatic rings. The number of benzene rings is 1. The molecule has 0 amide bonds. The zero-order chi connectivity index (χ0) is 11.5. The lowest BCUT2D eigenvalue weighted by atomic mass is 10.0. The van der Waals surface area contributed by atoms with Crippen LogP contribution in [0.3, 0.4) is 0 Å². The summed E-state index contributed by atoms with van der Waals surface area (Å²) in [6.07, 6.45) is 0. The van der Waals surface area contributed by atoms with Crippen molar-refractivity contribution < 1.29 is 0 Å². The van der Waals surface area contributed by atoms with Gasteiger partial charge in [0.05, 0.1) is 0 Å². The van der Waals surface area contributed by atoms with E-state index in [0.717, 1.165) is 37.7 Å². The molecular weight excluding hydrogens is 220 g/mol. The lowest BCUT2D eigenvalue weighted by molar-refractivity contribution is 0.233. The first-order valence-electron chi connectivity index (χ1n) is 5.86. The Balaban J connectivity index is 2.16. The van der Waals surface area contributed by atoms with Crippen molar-refractivity contribution in [1.82, 2.24) is 10.2 Å². The summed E-state index contributed by atoms with van der Waals surface area (Å²) in [7, 11) is 0. The van der Waals surface area contributed by atoms with E-state index < -0.39 is 0 Å². The standard InChI is InChI=1S/C13H19ClN2/c1-10-3-4-11(2)13(14)12(10)9-16-7-5-15-6-8-16/h3-4,15H,5-9H2,1-2H3. The molecule has 1 saturated heterocycles. The predicted molar refractivity (Wildman–Crippen MR) is 69.1 cm³/mol. The predicted octanol–water partition coefficient (Wildman–Crippen LogP) is 2.36. The zero-order valence-corrected chi connectivity index (χ0v) is 10.8. The van der Waals surface area contributed by atoms with E-state index in [-0.39, 0.29) is 0 Å². The molecule has 88 valence electrons. The summed E-state index contributed by atoms with van der Waals surface area (Å²) in [5.41, 5.74) is 3.77. The number of rotatable bonds is 2. The minimum absolute atomic E-state index is 0.943. The maximum atomic E-state index is 6.38. The van der Waals surface area contributed by atoms with Crippen molar-refractivity contribution in [3.05, 3.63) is 33.8 Å². The summed E-state index contributed by atoms with van der Waals surface area (Å²) in [5, 5.41) is 4.31. The van der Waals surface area contributed by atoms with Crippen LogP contribution in [-0.4, -0.2) is 31.1 Å². The van der Waals surface area contributed by atoms with E-state index >= 15 is 0 Å². The van der Waals surface area contributed by atoms with Gasteiger partial charge in [0, 0.05) is 37.7 Å². The van der Waals surface area contributed by atoms with Gasteiger partial charge in [-0.3, -0.25) is 4.90 Å². The van der Waals surface area contributed by atoms with Crippen molar-refractivity contribution in [3.63, 3.8) is 0 Å². The van der Waals surface area contributed by atoms with Gasteiger partial charge in [-0.15, -0.1) is 0 Å². The van der Waals surface area contributed by atoms with Gasteiger partial charge in [-0.05, 0) is 30.5 Å². The summed E-state index contributed by atoms with van der Waals surface area (Å²) in [4.78, 5) is 2.46. The van der Waals surface area contributed by atoms with Gasteiger partial charge in [0.15, 0.2) is 0 Å². The molecule has 0 unspecified atom stereocenters. The quantitative estimate of drug-likeness (QED) is 0.851. The van der Waals surface area contributed by atoms with Crippen LogP contribution in [0, 0.1) is 13.8 Å². The molecule has 0 aromatic heterocycles. The van der Waals surface area contributed by atoms with Crippen molar-refractivity contribution in [2.24, 2.45) is 0 Å². The van der Waals surface area contributed by atoms with E-state index in [0.29, 0.717) is 0 Å². The highest BCUT2D eigenvalue weighted by atomic mass is 35.5. The third-order valence-electron chi connectivity index (χ3n) is 3.26. The zero-order valence-electron chi connectivity index (χ0n) is 10.0. The Labute approximate surface area is 103 Å². The molecule has 1 N–H and O–H groups in total. The number of halogens is 1. The van der Waals surface area contributed by atoms with Crippen LogP contribution >= 0.6 is 11.6 Å². The molecule has 0 spiro atoms. The van der Waals surface area contributed by atoms with Crippen LogP contribution in [0.15, 0.2) is 12.1 Å². The summed E-state index contributed by atoms with van der Waals surface area (Å²) in [6, 6.07) is 4.26. The number of nitrogens with zero attached hydrogens (tertiary/aromatic N) is 1. The van der Waals surface area contributed by atoms with Gasteiger partial charge in [0.1, 0.15) is 0 Å². The Morgan fingerprint density at radius 3 is 2.50 bits per heavy atom. The first-order valence-corrected chi connectivity index (χ1v) is 6.24. The monoisotopic (exact) mass is 238 g/mol. The molecule has 1 aromatic carbocycles. The van der Waals surface area contributed by atoms with E-state index in [1.54, 1.807) is 0 Å². The van der Waals surface area contributed by atoms with Crippen molar-refractivity contribution in [2.75, 3.05) is 26.2 Å². The van der Waals surface area contributed by atoms with Crippen LogP contribution in [0.2, 0.25) is 5.02 Å². The van der Waals surface area contributed by atoms with Gasteiger partial charge in [-0.2, -0.15) is 0 Å². The molecule has 0 saturated carbocycles. The average molecular weight is 239 g/mol. The second-order valence-electron chi connectivity index (χ2n) is 4.52. The Kier molecular flexibility index (Phi) is 3.85. The van der Waals surface area contributed by atoms with Gasteiger partial charge in [0.2, 0.25) is 0 Å². The SMILES string of the molecule is Cc1ccc(C)c(CN2CCNCC2)c1Cl. The summed E-state index contributed by atoms with van der Waals surface area (Å²) in [6.45, 7) is 9.60. The van der Waals surface area contributed by atoms with Crippen molar-refractivity contribution in [3.8, 4) is 0 Å². The Morgan fingerprint density at radius 2 is 1.81 bits per heavy atom. The minimum Gasteiger partial charge on any atom is -0.314 e. The van der Waals surface area contributed by atoms with Crippen LogP contribution in [0.1, 0.15) is 16.7 Å². The first-order chi connectivity index (χ1) is 7.68. The fourth-order valence-electron chi connectivity index (χ4n) is 2.12. The first kappa shape index (κ1) is 11.9. The minimum atomic E-state index is 0.943. The van der Waals surface area contributed by atoms with E-state index in [2.05, 4.69) is 36.2 Å². The fourth-order valence-corrected chi connectivity index (χ4v) is 2.39. The number of hydrogen-bond acceptors (Lipinski definition) is 2. The molecule has 0 atom stereocenters. The van der Waals surface area contributed by atoms with Crippen LogP contribution in [0.4, 0.5) is 0 Å². The van der Waals surface area contributed by atoms with E-state index in [1.165, 1.54) is 16.7 Å². The van der Waals surface area contributed by atoms with Gasteiger partial charge in [-0.1, -0.05) is 23.7 Å². The maximum absolute atomic E-state index is 6.38. The van der Waals surface area contributed by atoms with E-state index in [9.17, 15) is 0 Å². The van der Waals surface area contributed by atoms with Crippen LogP contribution < -0.4 is 5.32 Å². The second-order valence-corrected chi connectivity index (χ2v) is 4.90. The molecule has 2 nitrogen and oxygen atoms in total. The Morgan fingerprint density at radius 1 is 1.19 bits per heavy atom. The molecule has 0 aliphatic carbocycles. The number of aryl methyl sites for hydroxylation is 2. The van der Waals surface area contributed by atoms with E-state index in [4.69, 9.17) is 11.6 Å². The number of hydrogen-bond donors (Lipinski definition) is 1. The number of nitrogens with one attached hydrogen (secondary N) is 1. The lowest BCUT2D eigenvalue weighted by Crippen LogP contribution is -2.43. The highest BCUT2D eigenvalue weighted by Gasteiger charge is 2.14. The molecular formula is C13H19ClN2. The summed E-state index contributed by atoms with van der Waals surface area (Å²) < 4.78 is 0. The molecule has 2 rings (SSSR count). The second kappa shape index (κ2) is 5.17. The van der Waals surface area contributed by atoms with Gasteiger partial charge >= 0.3 is 0 Å². The maximum Gasteiger partial charge on any atom is 0.0482 e. The molecule has 0 radical (unpaired) electrons. The number of piperazine rings is 1. The summed E-state index contributed by atoms with van der Waals surface area (Å²) >= 11 is 6.38. The average Bonchev–Trinajstić information content (AvgIpc) is 2.31. The highest BCUT2D eigenvalue weighted by Crippen LogP contribution is 2.25. The molecule has 1 aliphatic heterocycles. The molecule has 1 fully saturated rings. The smallest absolute Gasteiger partial charge is 0.0482 e. The Bertz CT molecular complexity index is 370. The molecule has 3 heteroatoms. The molecule has 16 heavy (non-hydrogen) atoms. The topological polar surface area (TPSA) is 15.3 Å². The normalized spacial score (nSPS) is 17.7. The molecule has 1 aliphatic rings. The fraction of sp³-hybridized carbons (Fsp3) is 0.538. The van der Waals surface area contributed by atoms with Crippen LogP contribution in [0.5, 0.6) is 0 Å². The molecule has 1 heterocycles. The van der Waals surface area contributed by atoms with Gasteiger partial charge < -0.3 is 5.32 Å². The van der Waals surface area contributed by atoms with Gasteiger partial charge in [0.25, 0.3) is 0 Å². The molecule has 0 bridgehead atoms. The van der Waals surface area contributed by atoms with Crippen LogP contribution in [-0.2, 0) is 6.54 Å².